The Kier molecular flexibility index (Phi) is 10.4. The lowest BCUT2D eigenvalue weighted by molar-refractivity contribution is 0.0521. The third kappa shape index (κ3) is 7.05. The van der Waals surface area contributed by atoms with Crippen molar-refractivity contribution in [3.05, 3.63) is 102 Å². The molecule has 7 aromatic rings. The number of nitrogens with zero attached hydrogens (tertiary/aromatic N) is 2. The van der Waals surface area contributed by atoms with Crippen molar-refractivity contribution < 1.29 is 57.6 Å². The second-order valence-electron chi connectivity index (χ2n) is 14.9. The number of carbonyl (C=O) groups excluding carboxylic acids is 2. The van der Waals surface area contributed by atoms with Crippen LogP contribution in [0.25, 0.3) is 65.0 Å². The van der Waals surface area contributed by atoms with Crippen LogP contribution in [0.1, 0.15) is 26.3 Å². The molecule has 2 atom stereocenters. The lowest BCUT2D eigenvalue weighted by atomic mass is 9.82. The van der Waals surface area contributed by atoms with Crippen molar-refractivity contribution in [3.63, 3.8) is 0 Å². The number of fused-ring (bicyclic) bond motifs is 2. The molecular formula is C42H40N2O12P2. The van der Waals surface area contributed by atoms with Gasteiger partial charge in [-0.2, -0.15) is 0 Å². The minimum absolute atomic E-state index is 0.278. The molecule has 2 amide bonds. The summed E-state index contributed by atoms with van der Waals surface area (Å²) in [5, 5.41) is 28.9. The largest absolute Gasteiger partial charge is 0.469 e. The number of aliphatic hydroxyl groups excluding tert-OH is 2. The molecular weight excluding hydrogens is 786 g/mol. The van der Waals surface area contributed by atoms with Crippen LogP contribution in [0.5, 0.6) is 0 Å². The highest BCUT2D eigenvalue weighted by molar-refractivity contribution is 7.46. The normalized spacial score (nSPS) is 14.8. The van der Waals surface area contributed by atoms with Gasteiger partial charge in [0.1, 0.15) is 0 Å². The topological polar surface area (TPSA) is 215 Å². The summed E-state index contributed by atoms with van der Waals surface area (Å²) in [6.07, 6.45) is 0.318. The lowest BCUT2D eigenvalue weighted by Crippen LogP contribution is -2.44. The van der Waals surface area contributed by atoms with E-state index in [0.29, 0.717) is 22.8 Å². The molecule has 58 heavy (non-hydrogen) atoms. The van der Waals surface area contributed by atoms with Gasteiger partial charge < -0.3 is 34.7 Å². The highest BCUT2D eigenvalue weighted by Crippen LogP contribution is 2.47. The van der Waals surface area contributed by atoms with Gasteiger partial charge in [0.15, 0.2) is 0 Å². The van der Waals surface area contributed by atoms with Gasteiger partial charge in [-0.15, -0.1) is 0 Å². The maximum absolute atomic E-state index is 14.7. The van der Waals surface area contributed by atoms with E-state index in [2.05, 4.69) is 4.52 Å². The fraction of sp³-hybridized carbons (Fsp3) is 0.238. The van der Waals surface area contributed by atoms with E-state index in [1.54, 1.807) is 12.1 Å². The molecule has 0 aliphatic carbocycles. The predicted molar refractivity (Wildman–Crippen MR) is 221 cm³/mol. The molecule has 1 aliphatic heterocycles. The Hall–Kier alpha value is -4.82. The second-order valence-corrected chi connectivity index (χ2v) is 17.4. The van der Waals surface area contributed by atoms with Crippen LogP contribution < -0.4 is 4.90 Å². The van der Waals surface area contributed by atoms with Crippen LogP contribution in [-0.2, 0) is 24.6 Å². The first-order chi connectivity index (χ1) is 27.6. The van der Waals surface area contributed by atoms with Crippen molar-refractivity contribution >= 4 is 87.0 Å². The number of hydrogen-bond donors (Lipinski definition) is 6. The fourth-order valence-electron chi connectivity index (χ4n) is 8.48. The number of anilines is 1. The van der Waals surface area contributed by atoms with Crippen LogP contribution in [-0.4, -0.2) is 93.6 Å². The molecule has 1 aliphatic rings. The molecule has 0 fully saturated rings. The van der Waals surface area contributed by atoms with Crippen LogP contribution in [0.4, 0.5) is 5.69 Å². The van der Waals surface area contributed by atoms with Gasteiger partial charge in [0.2, 0.25) is 0 Å². The molecule has 0 spiro atoms. The van der Waals surface area contributed by atoms with Gasteiger partial charge in [0.05, 0.1) is 18.8 Å². The molecule has 0 saturated heterocycles. The average molecular weight is 827 g/mol. The van der Waals surface area contributed by atoms with Gasteiger partial charge in [-0.25, -0.2) is 9.13 Å². The third-order valence-corrected chi connectivity index (χ3v) is 12.0. The van der Waals surface area contributed by atoms with Crippen molar-refractivity contribution in [1.29, 1.82) is 0 Å². The van der Waals surface area contributed by atoms with E-state index in [9.17, 15) is 48.5 Å². The summed E-state index contributed by atoms with van der Waals surface area (Å²) in [6, 6.07) is 27.2. The Bertz CT molecular complexity index is 2870. The van der Waals surface area contributed by atoms with Gasteiger partial charge in [-0.05, 0) is 78.3 Å². The fourth-order valence-corrected chi connectivity index (χ4v) is 9.29. The van der Waals surface area contributed by atoms with Crippen LogP contribution in [0, 0.1) is 11.8 Å². The smallest absolute Gasteiger partial charge is 0.396 e. The SMILES string of the molecule is CN(C)c1ccc2c3c(c(-c4ccc5c6cccc7c(CC(CO)COP(=O)(O)O)ccc(c8cccc4c85)c76)ccc13)C(=O)N(CC(CO)COP(=O)(O)O)C2=O. The molecule has 0 bridgehead atoms. The first kappa shape index (κ1) is 40.0. The van der Waals surface area contributed by atoms with Crippen molar-refractivity contribution in [2.24, 2.45) is 11.8 Å². The van der Waals surface area contributed by atoms with Crippen molar-refractivity contribution in [2.45, 2.75) is 6.42 Å². The average Bonchev–Trinajstić information content (AvgIpc) is 3.19. The van der Waals surface area contributed by atoms with Crippen LogP contribution in [0.2, 0.25) is 0 Å². The Morgan fingerprint density at radius 3 is 1.72 bits per heavy atom. The van der Waals surface area contributed by atoms with E-state index in [1.165, 1.54) is 0 Å². The maximum atomic E-state index is 14.7. The Balaban J connectivity index is 1.31. The molecule has 0 radical (unpaired) electrons. The Morgan fingerprint density at radius 2 is 1.10 bits per heavy atom. The highest BCUT2D eigenvalue weighted by atomic mass is 31.2. The van der Waals surface area contributed by atoms with E-state index < -0.39 is 52.5 Å². The van der Waals surface area contributed by atoms with Gasteiger partial charge in [0.25, 0.3) is 11.8 Å². The summed E-state index contributed by atoms with van der Waals surface area (Å²) in [6.45, 7) is -2.17. The van der Waals surface area contributed by atoms with E-state index >= 15 is 0 Å². The van der Waals surface area contributed by atoms with Gasteiger partial charge >= 0.3 is 15.6 Å². The number of benzene rings is 7. The molecule has 0 saturated carbocycles. The predicted octanol–water partition coefficient (Wildman–Crippen LogP) is 6.20. The zero-order valence-corrected chi connectivity index (χ0v) is 33.2. The summed E-state index contributed by atoms with van der Waals surface area (Å²) >= 11 is 0. The number of amides is 2. The van der Waals surface area contributed by atoms with Crippen LogP contribution >= 0.6 is 15.6 Å². The standard InChI is InChI=1S/C42H40N2O12P2/c1-43(2)36-16-15-35-39-34(36)14-13-31(40(39)42(48)44(41(35)47)18-24(20-46)22-56-58(52,53)54)27-11-12-33-29-7-3-5-26-25(17-23(19-45)21-55-57(49,50)51)9-10-32(37(26)29)30-8-4-6-28(27)38(30)33/h3-16,23-24,45-46H,17-22H2,1-2H3,(H2,49,50,51)(H2,52,53,54). The van der Waals surface area contributed by atoms with Crippen LogP contribution in [0.3, 0.4) is 0 Å². The molecule has 7 aromatic carbocycles. The lowest BCUT2D eigenvalue weighted by Gasteiger charge is -2.32. The third-order valence-electron chi connectivity index (χ3n) is 11.0. The zero-order valence-electron chi connectivity index (χ0n) is 31.4. The van der Waals surface area contributed by atoms with Gasteiger partial charge in [-0.3, -0.25) is 23.5 Å². The summed E-state index contributed by atoms with van der Waals surface area (Å²) in [5.41, 5.74) is 3.57. The number of hydrogen-bond acceptors (Lipinski definition) is 9. The molecule has 1 heterocycles. The quantitative estimate of drug-likeness (QED) is 0.0312. The molecule has 300 valence electrons. The first-order valence-electron chi connectivity index (χ1n) is 18.5. The second kappa shape index (κ2) is 15.1. The highest BCUT2D eigenvalue weighted by Gasteiger charge is 2.37. The summed E-state index contributed by atoms with van der Waals surface area (Å²) in [7, 11) is -5.87. The molecule has 0 aromatic heterocycles. The number of carbonyl (C=O) groups is 2. The number of phosphoric ester groups is 2. The minimum Gasteiger partial charge on any atom is -0.396 e. The van der Waals surface area contributed by atoms with E-state index in [4.69, 9.17) is 4.52 Å². The first-order valence-corrected chi connectivity index (χ1v) is 21.5. The molecule has 14 nitrogen and oxygen atoms in total. The Labute approximate surface area is 331 Å². The monoisotopic (exact) mass is 826 g/mol. The molecule has 16 heteroatoms. The molecule has 2 unspecified atom stereocenters. The number of rotatable bonds is 14. The zero-order chi connectivity index (χ0) is 41.3. The van der Waals surface area contributed by atoms with Crippen molar-refractivity contribution in [3.8, 4) is 11.1 Å². The van der Waals surface area contributed by atoms with E-state index in [-0.39, 0.29) is 30.9 Å². The van der Waals surface area contributed by atoms with Crippen LogP contribution in [0.15, 0.2) is 84.9 Å². The summed E-state index contributed by atoms with van der Waals surface area (Å²) in [5.74, 6) is -2.74. The van der Waals surface area contributed by atoms with Gasteiger partial charge in [0, 0.05) is 67.7 Å². The summed E-state index contributed by atoms with van der Waals surface area (Å²) < 4.78 is 32.2. The van der Waals surface area contributed by atoms with Gasteiger partial charge in [-0.1, -0.05) is 72.8 Å². The molecule has 6 N–H and O–H groups in total. The van der Waals surface area contributed by atoms with E-state index in [1.807, 2.05) is 91.8 Å². The number of imide groups is 1. The van der Waals surface area contributed by atoms with Crippen molar-refractivity contribution in [2.75, 3.05) is 52.0 Å². The minimum atomic E-state index is -4.89. The Morgan fingerprint density at radius 1 is 0.586 bits per heavy atom. The number of phosphoric acid groups is 2. The van der Waals surface area contributed by atoms with Crippen molar-refractivity contribution in [1.82, 2.24) is 4.90 Å². The summed E-state index contributed by atoms with van der Waals surface area (Å²) in [4.78, 5) is 68.8. The number of aliphatic hydroxyl groups is 2. The maximum Gasteiger partial charge on any atom is 0.469 e. The van der Waals surface area contributed by atoms with E-state index in [0.717, 1.165) is 64.8 Å². The molecule has 8 rings (SSSR count).